The molecule has 4 fully saturated rings. The average Bonchev–Trinajstić information content (AvgIpc) is 3.69. The molecule has 7 rings (SSSR count). The monoisotopic (exact) mass is 622 g/mol. The topological polar surface area (TPSA) is 119 Å². The number of para-hydroxylation sites is 1. The molecule has 1 amide bonds. The van der Waals surface area contributed by atoms with Gasteiger partial charge >= 0.3 is 10.2 Å². The van der Waals surface area contributed by atoms with Gasteiger partial charge in [0.25, 0.3) is 5.91 Å². The Kier molecular flexibility index (Phi) is 8.58. The summed E-state index contributed by atoms with van der Waals surface area (Å²) < 4.78 is 44.3. The van der Waals surface area contributed by atoms with Crippen LogP contribution in [0.25, 0.3) is 16.7 Å². The second-order valence-corrected chi connectivity index (χ2v) is 14.3. The molecule has 1 aliphatic carbocycles. The number of rotatable bonds is 9. The SMILES string of the molecule is O=C(NS(=O)(=O)N1CCC(N2CCCC2)CC1)c1cc(OCC2CCOCC2)c2c(C3CCC3)nn(-c3ccccc3)c2n1. The van der Waals surface area contributed by atoms with Crippen LogP contribution in [-0.2, 0) is 14.9 Å². The largest absolute Gasteiger partial charge is 0.492 e. The zero-order valence-corrected chi connectivity index (χ0v) is 26.0. The van der Waals surface area contributed by atoms with Gasteiger partial charge in [0.1, 0.15) is 11.4 Å². The fraction of sp³-hybridized carbons (Fsp3) is 0.594. The van der Waals surface area contributed by atoms with E-state index in [-0.39, 0.29) is 5.69 Å². The van der Waals surface area contributed by atoms with E-state index in [4.69, 9.17) is 19.6 Å². The lowest BCUT2D eigenvalue weighted by Gasteiger charge is -2.35. The van der Waals surface area contributed by atoms with Crippen molar-refractivity contribution in [2.75, 3.05) is 46.0 Å². The summed E-state index contributed by atoms with van der Waals surface area (Å²) in [5.74, 6) is 0.387. The first-order valence-electron chi connectivity index (χ1n) is 16.2. The molecule has 12 heteroatoms. The predicted molar refractivity (Wildman–Crippen MR) is 166 cm³/mol. The van der Waals surface area contributed by atoms with Gasteiger partial charge in [0.05, 0.1) is 23.4 Å². The van der Waals surface area contributed by atoms with Crippen molar-refractivity contribution in [3.05, 3.63) is 47.8 Å². The van der Waals surface area contributed by atoms with Gasteiger partial charge in [-0.3, -0.25) is 4.79 Å². The lowest BCUT2D eigenvalue weighted by Crippen LogP contribution is -2.50. The molecule has 0 unspecified atom stereocenters. The number of fused-ring (bicyclic) bond motifs is 1. The average molecular weight is 623 g/mol. The molecule has 1 aromatic carbocycles. The number of carbonyl (C=O) groups is 1. The highest BCUT2D eigenvalue weighted by Gasteiger charge is 2.34. The number of likely N-dealkylation sites (tertiary alicyclic amines) is 1. The third-order valence-corrected chi connectivity index (χ3v) is 11.3. The molecule has 0 bridgehead atoms. The number of nitrogens with one attached hydrogen (secondary N) is 1. The minimum atomic E-state index is -4.04. The number of piperidine rings is 1. The van der Waals surface area contributed by atoms with Gasteiger partial charge in [-0.1, -0.05) is 24.6 Å². The van der Waals surface area contributed by atoms with Crippen molar-refractivity contribution < 1.29 is 22.7 Å². The summed E-state index contributed by atoms with van der Waals surface area (Å²) >= 11 is 0. The normalized spacial score (nSPS) is 21.5. The van der Waals surface area contributed by atoms with Crippen LogP contribution in [0.4, 0.5) is 0 Å². The van der Waals surface area contributed by atoms with Gasteiger partial charge in [0.15, 0.2) is 5.65 Å². The van der Waals surface area contributed by atoms with Gasteiger partial charge in [-0.15, -0.1) is 0 Å². The predicted octanol–water partition coefficient (Wildman–Crippen LogP) is 4.03. The molecule has 0 atom stereocenters. The molecule has 11 nitrogen and oxygen atoms in total. The first kappa shape index (κ1) is 29.6. The smallest absolute Gasteiger partial charge is 0.304 e. The van der Waals surface area contributed by atoms with Crippen molar-refractivity contribution in [1.29, 1.82) is 0 Å². The lowest BCUT2D eigenvalue weighted by atomic mass is 9.82. The number of hydrogen-bond donors (Lipinski definition) is 1. The van der Waals surface area contributed by atoms with Crippen LogP contribution in [-0.4, -0.2) is 90.3 Å². The van der Waals surface area contributed by atoms with Crippen LogP contribution in [0.15, 0.2) is 36.4 Å². The molecule has 0 spiro atoms. The summed E-state index contributed by atoms with van der Waals surface area (Å²) in [5.41, 5.74) is 2.23. The molecule has 1 N–H and O–H groups in total. The van der Waals surface area contributed by atoms with Gasteiger partial charge in [-0.05, 0) is 82.5 Å². The van der Waals surface area contributed by atoms with Crippen LogP contribution in [0.1, 0.15) is 79.9 Å². The van der Waals surface area contributed by atoms with E-state index in [1.807, 2.05) is 30.3 Å². The second-order valence-electron chi connectivity index (χ2n) is 12.6. The summed E-state index contributed by atoms with van der Waals surface area (Å²) in [4.78, 5) is 20.9. The van der Waals surface area contributed by atoms with E-state index >= 15 is 0 Å². The van der Waals surface area contributed by atoms with E-state index in [0.29, 0.717) is 62.2 Å². The number of carbonyl (C=O) groups excluding carboxylic acids is 1. The fourth-order valence-corrected chi connectivity index (χ4v) is 8.12. The van der Waals surface area contributed by atoms with Crippen molar-refractivity contribution in [2.45, 2.75) is 69.7 Å². The molecular formula is C32H42N6O5S. The fourth-order valence-electron chi connectivity index (χ4n) is 6.96. The summed E-state index contributed by atoms with van der Waals surface area (Å²) in [6.45, 7) is 4.85. The van der Waals surface area contributed by atoms with Crippen LogP contribution in [0.2, 0.25) is 0 Å². The number of nitrogens with zero attached hydrogens (tertiary/aromatic N) is 5. The molecule has 1 saturated carbocycles. The standard InChI is InChI=1S/C32H42N6O5S/c39-32(35-44(40,41)37-17-11-25(12-18-37)36-15-4-5-16-36)27-21-28(43-22-23-13-19-42-20-14-23)29-30(24-7-6-8-24)34-38(31(29)33-27)26-9-2-1-3-10-26/h1-3,9-10,21,23-25H,4-8,11-20,22H2,(H,35,39). The van der Waals surface area contributed by atoms with Crippen LogP contribution >= 0.6 is 0 Å². The Morgan fingerprint density at radius 3 is 2.36 bits per heavy atom. The Morgan fingerprint density at radius 2 is 1.68 bits per heavy atom. The van der Waals surface area contributed by atoms with E-state index in [1.165, 1.54) is 17.1 Å². The van der Waals surface area contributed by atoms with Crippen LogP contribution in [0.5, 0.6) is 5.75 Å². The maximum absolute atomic E-state index is 13.6. The molecule has 0 radical (unpaired) electrons. The molecule has 3 aromatic rings. The molecule has 4 aliphatic rings. The quantitative estimate of drug-likeness (QED) is 0.380. The molecule has 3 aliphatic heterocycles. The summed E-state index contributed by atoms with van der Waals surface area (Å²) in [5, 5.41) is 5.82. The Balaban J connectivity index is 1.19. The maximum atomic E-state index is 13.6. The highest BCUT2D eigenvalue weighted by atomic mass is 32.2. The molecule has 2 aromatic heterocycles. The lowest BCUT2D eigenvalue weighted by molar-refractivity contribution is 0.0499. The summed E-state index contributed by atoms with van der Waals surface area (Å²) in [7, 11) is -4.04. The van der Waals surface area contributed by atoms with Gasteiger partial charge in [0.2, 0.25) is 0 Å². The number of hydrogen-bond acceptors (Lipinski definition) is 8. The van der Waals surface area contributed by atoms with E-state index in [1.54, 1.807) is 10.7 Å². The van der Waals surface area contributed by atoms with E-state index in [9.17, 15) is 13.2 Å². The van der Waals surface area contributed by atoms with Gasteiger partial charge in [-0.2, -0.15) is 17.8 Å². The Morgan fingerprint density at radius 1 is 0.955 bits per heavy atom. The van der Waals surface area contributed by atoms with Crippen molar-refractivity contribution >= 4 is 27.1 Å². The van der Waals surface area contributed by atoms with Crippen molar-refractivity contribution in [3.63, 3.8) is 0 Å². The van der Waals surface area contributed by atoms with Crippen LogP contribution in [0.3, 0.4) is 0 Å². The second kappa shape index (κ2) is 12.7. The van der Waals surface area contributed by atoms with Crippen LogP contribution < -0.4 is 9.46 Å². The number of ether oxygens (including phenoxy) is 2. The number of benzene rings is 1. The first-order chi connectivity index (χ1) is 21.5. The maximum Gasteiger partial charge on any atom is 0.304 e. The Bertz CT molecular complexity index is 1570. The third-order valence-electron chi connectivity index (χ3n) is 9.81. The third kappa shape index (κ3) is 6.09. The molecule has 3 saturated heterocycles. The number of amides is 1. The first-order valence-corrected chi connectivity index (χ1v) is 17.7. The van der Waals surface area contributed by atoms with Crippen molar-refractivity contribution in [2.24, 2.45) is 5.92 Å². The Labute approximate surface area is 259 Å². The van der Waals surface area contributed by atoms with Crippen molar-refractivity contribution in [1.82, 2.24) is 28.7 Å². The minimum Gasteiger partial charge on any atom is -0.492 e. The minimum absolute atomic E-state index is 0.00718. The van der Waals surface area contributed by atoms with Gasteiger partial charge in [-0.25, -0.2) is 14.4 Å². The van der Waals surface area contributed by atoms with Crippen LogP contribution in [0, 0.1) is 5.92 Å². The molecule has 236 valence electrons. The van der Waals surface area contributed by atoms with E-state index < -0.39 is 16.1 Å². The summed E-state index contributed by atoms with van der Waals surface area (Å²) in [6, 6.07) is 11.7. The number of aromatic nitrogens is 3. The molecular weight excluding hydrogens is 580 g/mol. The summed E-state index contributed by atoms with van der Waals surface area (Å²) in [6.07, 6.45) is 8.98. The highest BCUT2D eigenvalue weighted by molar-refractivity contribution is 7.87. The zero-order valence-electron chi connectivity index (χ0n) is 25.2. The van der Waals surface area contributed by atoms with E-state index in [2.05, 4.69) is 9.62 Å². The van der Waals surface area contributed by atoms with Gasteiger partial charge < -0.3 is 14.4 Å². The molecule has 5 heterocycles. The number of pyridine rings is 1. The van der Waals surface area contributed by atoms with Gasteiger partial charge in [0, 0.05) is 44.3 Å². The zero-order chi connectivity index (χ0) is 30.1. The molecule has 44 heavy (non-hydrogen) atoms. The van der Waals surface area contributed by atoms with Crippen molar-refractivity contribution in [3.8, 4) is 11.4 Å². The Hall–Kier alpha value is -3.06. The highest BCUT2D eigenvalue weighted by Crippen LogP contribution is 2.42. The van der Waals surface area contributed by atoms with E-state index in [0.717, 1.165) is 74.8 Å².